The number of carbonyl (C=O) groups excluding carboxylic acids is 1. The van der Waals surface area contributed by atoms with Gasteiger partial charge in [-0.05, 0) is 49.4 Å². The van der Waals surface area contributed by atoms with Crippen molar-refractivity contribution in [2.75, 3.05) is 18.5 Å². The minimum absolute atomic E-state index is 0.0975. The normalized spacial score (nSPS) is 16.1. The molecule has 0 N–H and O–H groups in total. The van der Waals surface area contributed by atoms with Crippen LogP contribution in [0.1, 0.15) is 53.4 Å². The van der Waals surface area contributed by atoms with Gasteiger partial charge in [-0.15, -0.1) is 0 Å². The lowest BCUT2D eigenvalue weighted by molar-refractivity contribution is -0.141. The van der Waals surface area contributed by atoms with E-state index in [1.807, 2.05) is 54.3 Å². The van der Waals surface area contributed by atoms with Gasteiger partial charge in [0.25, 0.3) is 5.91 Å². The fourth-order valence-corrected chi connectivity index (χ4v) is 5.06. The molecule has 1 aromatic heterocycles. The first-order valence-electron chi connectivity index (χ1n) is 11.9. The van der Waals surface area contributed by atoms with E-state index in [4.69, 9.17) is 0 Å². The third-order valence-corrected chi connectivity index (χ3v) is 7.18. The first kappa shape index (κ1) is 26.0. The summed E-state index contributed by atoms with van der Waals surface area (Å²) in [5.74, 6) is 0.624. The van der Waals surface area contributed by atoms with E-state index < -0.39 is 11.9 Å². The molecule has 1 atom stereocenters. The van der Waals surface area contributed by atoms with E-state index in [-0.39, 0.29) is 17.1 Å². The number of hydrogen-bond donors (Lipinski definition) is 0. The van der Waals surface area contributed by atoms with Gasteiger partial charge in [0.15, 0.2) is 10.9 Å². The number of carbonyl (C=O) groups is 1. The van der Waals surface area contributed by atoms with E-state index in [1.165, 1.54) is 0 Å². The number of thioether (sulfide) groups is 1. The highest BCUT2D eigenvalue weighted by Crippen LogP contribution is 2.33. The number of anilines is 1. The van der Waals surface area contributed by atoms with E-state index in [0.717, 1.165) is 48.2 Å². The molecule has 9 heteroatoms. The molecule has 2 heterocycles. The van der Waals surface area contributed by atoms with Crippen molar-refractivity contribution in [3.05, 3.63) is 83.0 Å². The van der Waals surface area contributed by atoms with Crippen molar-refractivity contribution in [1.29, 1.82) is 0 Å². The Morgan fingerprint density at radius 3 is 2.44 bits per heavy atom. The van der Waals surface area contributed by atoms with Crippen molar-refractivity contribution < 1.29 is 18.0 Å². The molecule has 1 saturated heterocycles. The maximum Gasteiger partial charge on any atom is 0.433 e. The van der Waals surface area contributed by atoms with Crippen molar-refractivity contribution in [3.63, 3.8) is 0 Å². The molecule has 0 bridgehead atoms. The summed E-state index contributed by atoms with van der Waals surface area (Å²) in [6, 6.07) is 18.1. The standard InChI is InChI=1S/C27H29F3N4OS/c1-19-8-6-7-15-34(19)24-16-23(27(28,29)30)31-26(32-24)36-18-21-11-13-22(14-12-21)25(35)33(2)17-20-9-4-3-5-10-20/h3-5,9-14,16,19H,6-8,15,17-18H2,1-2H3. The Bertz CT molecular complexity index is 1170. The average Bonchev–Trinajstić information content (AvgIpc) is 2.87. The summed E-state index contributed by atoms with van der Waals surface area (Å²) in [4.78, 5) is 24.6. The lowest BCUT2D eigenvalue weighted by Gasteiger charge is -2.34. The number of benzene rings is 2. The van der Waals surface area contributed by atoms with Gasteiger partial charge in [0.1, 0.15) is 5.82 Å². The molecule has 1 amide bonds. The summed E-state index contributed by atoms with van der Waals surface area (Å²) in [7, 11) is 1.75. The molecule has 1 aliphatic rings. The fraction of sp³-hybridized carbons (Fsp3) is 0.370. The van der Waals surface area contributed by atoms with E-state index >= 15 is 0 Å². The largest absolute Gasteiger partial charge is 0.433 e. The highest BCUT2D eigenvalue weighted by molar-refractivity contribution is 7.98. The van der Waals surface area contributed by atoms with Gasteiger partial charge in [-0.25, -0.2) is 9.97 Å². The van der Waals surface area contributed by atoms with E-state index in [2.05, 4.69) is 9.97 Å². The summed E-state index contributed by atoms with van der Waals surface area (Å²) in [6.45, 7) is 3.21. The average molecular weight is 515 g/mol. The third kappa shape index (κ3) is 6.57. The van der Waals surface area contributed by atoms with Crippen LogP contribution in [-0.4, -0.2) is 40.4 Å². The second-order valence-electron chi connectivity index (χ2n) is 9.06. The van der Waals surface area contributed by atoms with Gasteiger partial charge in [0, 0.05) is 43.6 Å². The molecule has 1 unspecified atom stereocenters. The Kier molecular flexibility index (Phi) is 8.18. The van der Waals surface area contributed by atoms with E-state index in [1.54, 1.807) is 24.1 Å². The van der Waals surface area contributed by atoms with Crippen LogP contribution in [0.3, 0.4) is 0 Å². The van der Waals surface area contributed by atoms with Gasteiger partial charge in [-0.1, -0.05) is 54.2 Å². The van der Waals surface area contributed by atoms with Gasteiger partial charge in [-0.2, -0.15) is 13.2 Å². The zero-order valence-corrected chi connectivity index (χ0v) is 21.1. The van der Waals surface area contributed by atoms with Crippen LogP contribution in [0.15, 0.2) is 65.8 Å². The zero-order valence-electron chi connectivity index (χ0n) is 20.3. The Hall–Kier alpha value is -3.07. The lowest BCUT2D eigenvalue weighted by Crippen LogP contribution is -2.38. The van der Waals surface area contributed by atoms with Crippen LogP contribution in [0.4, 0.5) is 19.0 Å². The molecule has 2 aromatic carbocycles. The topological polar surface area (TPSA) is 49.3 Å². The zero-order chi connectivity index (χ0) is 25.7. The Balaban J connectivity index is 1.44. The van der Waals surface area contributed by atoms with Gasteiger partial charge in [-0.3, -0.25) is 4.79 Å². The van der Waals surface area contributed by atoms with Crippen LogP contribution in [0, 0.1) is 0 Å². The number of rotatable bonds is 7. The number of amides is 1. The second kappa shape index (κ2) is 11.3. The number of hydrogen-bond acceptors (Lipinski definition) is 5. The van der Waals surface area contributed by atoms with Crippen LogP contribution in [0.2, 0.25) is 0 Å². The van der Waals surface area contributed by atoms with Crippen LogP contribution >= 0.6 is 11.8 Å². The predicted octanol–water partition coefficient (Wildman–Crippen LogP) is 6.44. The van der Waals surface area contributed by atoms with Crippen LogP contribution in [0.5, 0.6) is 0 Å². The molecule has 5 nitrogen and oxygen atoms in total. The fourth-order valence-electron chi connectivity index (χ4n) is 4.25. The van der Waals surface area contributed by atoms with Crippen molar-refractivity contribution in [3.8, 4) is 0 Å². The summed E-state index contributed by atoms with van der Waals surface area (Å²) in [5.41, 5.74) is 1.55. The summed E-state index contributed by atoms with van der Waals surface area (Å²) >= 11 is 1.16. The van der Waals surface area contributed by atoms with Crippen molar-refractivity contribution in [1.82, 2.24) is 14.9 Å². The molecule has 0 aliphatic carbocycles. The minimum atomic E-state index is -4.54. The number of aromatic nitrogens is 2. The predicted molar refractivity (Wildman–Crippen MR) is 136 cm³/mol. The van der Waals surface area contributed by atoms with Gasteiger partial charge in [0.05, 0.1) is 0 Å². The number of alkyl halides is 3. The van der Waals surface area contributed by atoms with Gasteiger partial charge < -0.3 is 9.80 Å². The van der Waals surface area contributed by atoms with Crippen LogP contribution in [-0.2, 0) is 18.5 Å². The molecule has 36 heavy (non-hydrogen) atoms. The maximum atomic E-state index is 13.5. The summed E-state index contributed by atoms with van der Waals surface area (Å²) < 4.78 is 40.6. The lowest BCUT2D eigenvalue weighted by atomic mass is 10.0. The monoisotopic (exact) mass is 514 g/mol. The molecule has 1 fully saturated rings. The SMILES string of the molecule is CC1CCCCN1c1cc(C(F)(F)F)nc(SCc2ccc(C(=O)N(C)Cc3ccccc3)cc2)n1. The minimum Gasteiger partial charge on any atom is -0.354 e. The Morgan fingerprint density at radius 1 is 1.06 bits per heavy atom. The molecule has 4 rings (SSSR count). The molecule has 0 radical (unpaired) electrons. The molecular formula is C27H29F3N4OS. The van der Waals surface area contributed by atoms with E-state index in [0.29, 0.717) is 30.2 Å². The first-order valence-corrected chi connectivity index (χ1v) is 12.9. The molecule has 3 aromatic rings. The quantitative estimate of drug-likeness (QED) is 0.268. The first-order chi connectivity index (χ1) is 17.2. The molecule has 0 saturated carbocycles. The number of halogens is 3. The van der Waals surface area contributed by atoms with Crippen molar-refractivity contribution in [2.24, 2.45) is 0 Å². The molecule has 190 valence electrons. The van der Waals surface area contributed by atoms with E-state index in [9.17, 15) is 18.0 Å². The summed E-state index contributed by atoms with van der Waals surface area (Å²) in [5, 5.41) is 0.0975. The third-order valence-electron chi connectivity index (χ3n) is 6.26. The number of nitrogens with zero attached hydrogens (tertiary/aromatic N) is 4. The smallest absolute Gasteiger partial charge is 0.354 e. The summed E-state index contributed by atoms with van der Waals surface area (Å²) in [6.07, 6.45) is -1.61. The van der Waals surface area contributed by atoms with Crippen LogP contribution < -0.4 is 4.90 Å². The Morgan fingerprint density at radius 2 is 1.78 bits per heavy atom. The highest BCUT2D eigenvalue weighted by atomic mass is 32.2. The Labute approximate surface area is 213 Å². The second-order valence-corrected chi connectivity index (χ2v) is 10.0. The van der Waals surface area contributed by atoms with Crippen LogP contribution in [0.25, 0.3) is 0 Å². The van der Waals surface area contributed by atoms with Crippen molar-refractivity contribution >= 4 is 23.5 Å². The molecular weight excluding hydrogens is 485 g/mol. The molecule has 1 aliphatic heterocycles. The van der Waals surface area contributed by atoms with Gasteiger partial charge >= 0.3 is 6.18 Å². The van der Waals surface area contributed by atoms with Crippen molar-refractivity contribution in [2.45, 2.75) is 55.9 Å². The molecule has 0 spiro atoms. The highest BCUT2D eigenvalue weighted by Gasteiger charge is 2.35. The number of piperidine rings is 1. The van der Waals surface area contributed by atoms with Gasteiger partial charge in [0.2, 0.25) is 0 Å². The maximum absolute atomic E-state index is 13.5.